The second-order valence-electron chi connectivity index (χ2n) is 1.65. The second kappa shape index (κ2) is 3.74. The average Bonchev–Trinajstić information content (AvgIpc) is 2.39. The van der Waals surface area contributed by atoms with Crippen LogP contribution in [0.4, 0.5) is 0 Å². The van der Waals surface area contributed by atoms with Crippen LogP contribution in [0, 0.1) is 0 Å². The summed E-state index contributed by atoms with van der Waals surface area (Å²) in [5.41, 5.74) is 0. The summed E-state index contributed by atoms with van der Waals surface area (Å²) in [7, 11) is 0. The minimum Gasteiger partial charge on any atom is -0.211 e. The van der Waals surface area contributed by atoms with Crippen molar-refractivity contribution in [3.63, 3.8) is 0 Å². The third-order valence-electron chi connectivity index (χ3n) is 1.04. The third kappa shape index (κ3) is 1.94. The molecule has 11 heavy (non-hydrogen) atoms. The Balaban J connectivity index is 2.86. The third-order valence-corrected chi connectivity index (χ3v) is 3.94. The molecule has 1 fully saturated rings. The Morgan fingerprint density at radius 1 is 1.09 bits per heavy atom. The summed E-state index contributed by atoms with van der Waals surface area (Å²) in [5.74, 6) is 1.67. The van der Waals surface area contributed by atoms with E-state index >= 15 is 0 Å². The number of aliphatic imine (C=N–C) groups is 2. The number of isocyanates is 2. The zero-order chi connectivity index (χ0) is 8.16. The molecule has 1 aliphatic heterocycles. The van der Waals surface area contributed by atoms with Crippen LogP contribution in [0.3, 0.4) is 0 Å². The predicted octanol–water partition coefficient (Wildman–Crippen LogP) is 0.749. The SMILES string of the molecule is O=C=NC1(N=C=O)SCCS1. The zero-order valence-corrected chi connectivity index (χ0v) is 7.07. The Morgan fingerprint density at radius 3 is 1.91 bits per heavy atom. The highest BCUT2D eigenvalue weighted by Gasteiger charge is 2.35. The van der Waals surface area contributed by atoms with Crippen LogP contribution in [-0.4, -0.2) is 28.0 Å². The van der Waals surface area contributed by atoms with Crippen molar-refractivity contribution in [3.05, 3.63) is 0 Å². The summed E-state index contributed by atoms with van der Waals surface area (Å²) in [6, 6.07) is 0. The molecule has 1 aliphatic rings. The van der Waals surface area contributed by atoms with Crippen molar-refractivity contribution in [3.8, 4) is 0 Å². The molecule has 58 valence electrons. The van der Waals surface area contributed by atoms with E-state index in [2.05, 4.69) is 9.98 Å². The molecule has 1 heterocycles. The van der Waals surface area contributed by atoms with Gasteiger partial charge in [-0.15, -0.1) is 0 Å². The van der Waals surface area contributed by atoms with E-state index < -0.39 is 4.33 Å². The normalized spacial score (nSPS) is 20.0. The highest BCUT2D eigenvalue weighted by atomic mass is 32.2. The van der Waals surface area contributed by atoms with Crippen molar-refractivity contribution in [1.82, 2.24) is 0 Å². The molecule has 0 unspecified atom stereocenters. The van der Waals surface area contributed by atoms with Crippen LogP contribution in [0.25, 0.3) is 0 Å². The van der Waals surface area contributed by atoms with Gasteiger partial charge >= 0.3 is 0 Å². The van der Waals surface area contributed by atoms with Gasteiger partial charge in [0.15, 0.2) is 0 Å². The standard InChI is InChI=1S/C5H4N2O2S2/c8-3-6-5(7-4-9)10-1-2-11-5/h1-2H2. The first-order valence-electron chi connectivity index (χ1n) is 2.79. The smallest absolute Gasteiger partial charge is 0.211 e. The molecular weight excluding hydrogens is 184 g/mol. The molecule has 0 saturated carbocycles. The largest absolute Gasteiger partial charge is 0.268 e. The Labute approximate surface area is 71.6 Å². The summed E-state index contributed by atoms with van der Waals surface area (Å²) in [4.78, 5) is 26.7. The lowest BCUT2D eigenvalue weighted by Crippen LogP contribution is -2.08. The number of hydrogen-bond acceptors (Lipinski definition) is 6. The van der Waals surface area contributed by atoms with E-state index in [4.69, 9.17) is 0 Å². The molecule has 0 aliphatic carbocycles. The van der Waals surface area contributed by atoms with Crippen molar-refractivity contribution < 1.29 is 9.59 Å². The highest BCUT2D eigenvalue weighted by Crippen LogP contribution is 2.45. The quantitative estimate of drug-likeness (QED) is 0.474. The molecule has 0 radical (unpaired) electrons. The van der Waals surface area contributed by atoms with Crippen molar-refractivity contribution >= 4 is 35.7 Å². The van der Waals surface area contributed by atoms with Gasteiger partial charge in [0.2, 0.25) is 12.2 Å². The molecule has 0 atom stereocenters. The molecule has 0 aromatic carbocycles. The van der Waals surface area contributed by atoms with Crippen LogP contribution in [0.5, 0.6) is 0 Å². The van der Waals surface area contributed by atoms with Crippen molar-refractivity contribution in [2.24, 2.45) is 9.98 Å². The summed E-state index contributed by atoms with van der Waals surface area (Å²) >= 11 is 2.69. The molecule has 0 N–H and O–H groups in total. The molecule has 1 saturated heterocycles. The van der Waals surface area contributed by atoms with Gasteiger partial charge in [-0.1, -0.05) is 23.5 Å². The van der Waals surface area contributed by atoms with Gasteiger partial charge < -0.3 is 0 Å². The fourth-order valence-electron chi connectivity index (χ4n) is 0.660. The van der Waals surface area contributed by atoms with Crippen molar-refractivity contribution in [2.75, 3.05) is 11.5 Å². The van der Waals surface area contributed by atoms with Crippen LogP contribution in [-0.2, 0) is 9.59 Å². The number of carbonyl (C=O) groups excluding carboxylic acids is 2. The molecule has 4 nitrogen and oxygen atoms in total. The average molecular weight is 188 g/mol. The van der Waals surface area contributed by atoms with Gasteiger partial charge in [0.05, 0.1) is 0 Å². The van der Waals surface area contributed by atoms with Crippen molar-refractivity contribution in [2.45, 2.75) is 4.33 Å². The fraction of sp³-hybridized carbons (Fsp3) is 0.600. The lowest BCUT2D eigenvalue weighted by atomic mass is 11.0. The van der Waals surface area contributed by atoms with Gasteiger partial charge in [0.25, 0.3) is 4.33 Å². The summed E-state index contributed by atoms with van der Waals surface area (Å²) < 4.78 is -0.969. The monoisotopic (exact) mass is 188 g/mol. The van der Waals surface area contributed by atoms with E-state index in [0.29, 0.717) is 0 Å². The summed E-state index contributed by atoms with van der Waals surface area (Å²) in [5, 5.41) is 0. The maximum Gasteiger partial charge on any atom is 0.268 e. The van der Waals surface area contributed by atoms with Crippen molar-refractivity contribution in [1.29, 1.82) is 0 Å². The van der Waals surface area contributed by atoms with Crippen LogP contribution in [0.15, 0.2) is 9.98 Å². The van der Waals surface area contributed by atoms with E-state index in [9.17, 15) is 9.59 Å². The molecule has 0 amide bonds. The molecule has 0 bridgehead atoms. The first kappa shape index (κ1) is 8.56. The van der Waals surface area contributed by atoms with E-state index in [0.717, 1.165) is 11.5 Å². The first-order valence-corrected chi connectivity index (χ1v) is 4.76. The predicted molar refractivity (Wildman–Crippen MR) is 43.9 cm³/mol. The van der Waals surface area contributed by atoms with E-state index in [-0.39, 0.29) is 0 Å². The Morgan fingerprint density at radius 2 is 1.55 bits per heavy atom. The highest BCUT2D eigenvalue weighted by molar-refractivity contribution is 8.21. The van der Waals surface area contributed by atoms with Gasteiger partial charge in [-0.25, -0.2) is 9.59 Å². The minimum atomic E-state index is -0.969. The molecule has 0 spiro atoms. The molecule has 0 aromatic rings. The van der Waals surface area contributed by atoms with E-state index in [1.165, 1.54) is 35.7 Å². The molecule has 1 rings (SSSR count). The molecule has 6 heteroatoms. The van der Waals surface area contributed by atoms with Gasteiger partial charge in [0.1, 0.15) is 0 Å². The maximum atomic E-state index is 9.93. The number of rotatable bonds is 2. The minimum absolute atomic E-state index is 0.834. The van der Waals surface area contributed by atoms with E-state index in [1.54, 1.807) is 0 Å². The van der Waals surface area contributed by atoms with E-state index in [1.807, 2.05) is 0 Å². The van der Waals surface area contributed by atoms with Gasteiger partial charge in [0, 0.05) is 11.5 Å². The zero-order valence-electron chi connectivity index (χ0n) is 5.44. The first-order chi connectivity index (χ1) is 5.33. The van der Waals surface area contributed by atoms with Gasteiger partial charge in [-0.2, -0.15) is 9.98 Å². The lowest BCUT2D eigenvalue weighted by molar-refractivity contribution is 0.557. The number of nitrogens with zero attached hydrogens (tertiary/aromatic N) is 2. The van der Waals surface area contributed by atoms with Gasteiger partial charge in [-0.05, 0) is 0 Å². The Bertz CT molecular complexity index is 217. The number of thioether (sulfide) groups is 2. The van der Waals surface area contributed by atoms with Crippen LogP contribution < -0.4 is 0 Å². The summed E-state index contributed by atoms with van der Waals surface area (Å²) in [6.07, 6.45) is 2.79. The topological polar surface area (TPSA) is 58.9 Å². The fourth-order valence-corrected chi connectivity index (χ4v) is 3.10. The van der Waals surface area contributed by atoms with Crippen LogP contribution >= 0.6 is 23.5 Å². The second-order valence-corrected chi connectivity index (χ2v) is 4.44. The van der Waals surface area contributed by atoms with Gasteiger partial charge in [-0.3, -0.25) is 0 Å². The van der Waals surface area contributed by atoms with Crippen LogP contribution in [0.2, 0.25) is 0 Å². The summed E-state index contributed by atoms with van der Waals surface area (Å²) in [6.45, 7) is 0. The lowest BCUT2D eigenvalue weighted by Gasteiger charge is -2.10. The molecule has 0 aromatic heterocycles. The molecular formula is C5H4N2O2S2. The maximum absolute atomic E-state index is 9.93. The number of hydrogen-bond donors (Lipinski definition) is 0. The Hall–Kier alpha value is -0.540. The Kier molecular flexibility index (Phi) is 2.91. The van der Waals surface area contributed by atoms with Crippen LogP contribution in [0.1, 0.15) is 0 Å².